The van der Waals surface area contributed by atoms with Crippen LogP contribution in [0.4, 0.5) is 33.6 Å². The lowest BCUT2D eigenvalue weighted by Crippen LogP contribution is -2.20. The van der Waals surface area contributed by atoms with Crippen LogP contribution in [0.1, 0.15) is 5.69 Å². The van der Waals surface area contributed by atoms with E-state index in [1.165, 1.54) is 7.11 Å². The van der Waals surface area contributed by atoms with Crippen molar-refractivity contribution in [2.45, 2.75) is 6.92 Å². The number of nitrogens with zero attached hydrogens (tertiary/aromatic N) is 4. The van der Waals surface area contributed by atoms with Gasteiger partial charge in [0.25, 0.3) is 0 Å². The molecule has 2 heterocycles. The van der Waals surface area contributed by atoms with Gasteiger partial charge in [-0.25, -0.2) is 9.78 Å². The van der Waals surface area contributed by atoms with Crippen LogP contribution in [-0.4, -0.2) is 33.4 Å². The van der Waals surface area contributed by atoms with Gasteiger partial charge < -0.3 is 15.4 Å². The van der Waals surface area contributed by atoms with Crippen LogP contribution in [0.25, 0.3) is 0 Å². The first-order valence-corrected chi connectivity index (χ1v) is 7.91. The van der Waals surface area contributed by atoms with Gasteiger partial charge in [0.15, 0.2) is 17.5 Å². The number of H-pyrrole nitrogens is 1. The molecule has 1 amide bonds. The Hall–Kier alpha value is -3.33. The average Bonchev–Trinajstić information content (AvgIpc) is 3.05. The molecule has 10 heteroatoms. The summed E-state index contributed by atoms with van der Waals surface area (Å²) in [5.74, 6) is 1.69. The van der Waals surface area contributed by atoms with Crippen LogP contribution in [0.3, 0.4) is 0 Å². The van der Waals surface area contributed by atoms with Crippen LogP contribution in [0.5, 0.6) is 0 Å². The van der Waals surface area contributed by atoms with Crippen molar-refractivity contribution in [3.8, 4) is 0 Å². The van der Waals surface area contributed by atoms with E-state index in [1.807, 2.05) is 19.1 Å². The molecule has 0 atom stereocenters. The van der Waals surface area contributed by atoms with Gasteiger partial charge in [-0.05, 0) is 25.1 Å². The van der Waals surface area contributed by atoms with Crippen molar-refractivity contribution in [3.05, 3.63) is 48.4 Å². The highest BCUT2D eigenvalue weighted by Crippen LogP contribution is 2.24. The molecule has 3 aromatic rings. The molecule has 0 aliphatic carbocycles. The van der Waals surface area contributed by atoms with Gasteiger partial charge in [0.1, 0.15) is 0 Å². The van der Waals surface area contributed by atoms with E-state index in [0.717, 1.165) is 10.1 Å². The summed E-state index contributed by atoms with van der Waals surface area (Å²) in [6, 6.07) is 8.77. The molecule has 0 saturated heterocycles. The Labute approximate surface area is 154 Å². The topological polar surface area (TPSA) is 108 Å². The minimum atomic E-state index is -0.677. The zero-order valence-corrected chi connectivity index (χ0v) is 14.8. The van der Waals surface area contributed by atoms with Gasteiger partial charge in [-0.1, -0.05) is 6.07 Å². The number of hydrogen-bond donors (Lipinski definition) is 3. The van der Waals surface area contributed by atoms with Crippen LogP contribution in [0, 0.1) is 6.92 Å². The fourth-order valence-electron chi connectivity index (χ4n) is 2.14. The first-order chi connectivity index (χ1) is 12.5. The Morgan fingerprint density at radius 1 is 1.19 bits per heavy atom. The standard InChI is InChI=1S/C16H16ClN7O2/c1-10-6-13(23-22-10)20-15-9-18-8-14(21-15)19-11-4-3-5-12(7-11)24(17)16(25)26-2/h3-9H,1-2H3,(H3,19,20,21,22,23). The minimum absolute atomic E-state index is 0.456. The molecule has 1 aromatic carbocycles. The molecule has 0 unspecified atom stereocenters. The molecule has 0 aliphatic rings. The van der Waals surface area contributed by atoms with Crippen molar-refractivity contribution < 1.29 is 9.53 Å². The van der Waals surface area contributed by atoms with E-state index in [1.54, 1.807) is 30.6 Å². The first kappa shape index (κ1) is 17.5. The van der Waals surface area contributed by atoms with E-state index < -0.39 is 6.09 Å². The Morgan fingerprint density at radius 2 is 1.96 bits per heavy atom. The summed E-state index contributed by atoms with van der Waals surface area (Å²) >= 11 is 5.93. The number of aromatic amines is 1. The van der Waals surface area contributed by atoms with E-state index in [-0.39, 0.29) is 0 Å². The van der Waals surface area contributed by atoms with Crippen molar-refractivity contribution in [1.29, 1.82) is 0 Å². The predicted molar refractivity (Wildman–Crippen MR) is 99.1 cm³/mol. The van der Waals surface area contributed by atoms with E-state index in [2.05, 4.69) is 35.5 Å². The summed E-state index contributed by atoms with van der Waals surface area (Å²) in [7, 11) is 1.26. The number of nitrogens with one attached hydrogen (secondary N) is 3. The highest BCUT2D eigenvalue weighted by molar-refractivity contribution is 6.35. The van der Waals surface area contributed by atoms with Crippen molar-refractivity contribution in [3.63, 3.8) is 0 Å². The van der Waals surface area contributed by atoms with Crippen LogP contribution in [0.15, 0.2) is 42.7 Å². The third kappa shape index (κ3) is 4.19. The lowest BCUT2D eigenvalue weighted by Gasteiger charge is -2.14. The third-order valence-electron chi connectivity index (χ3n) is 3.28. The number of aryl methyl sites for hydroxylation is 1. The number of rotatable bonds is 5. The second-order valence-corrected chi connectivity index (χ2v) is 5.62. The van der Waals surface area contributed by atoms with Crippen molar-refractivity contribution in [2.24, 2.45) is 0 Å². The molecule has 0 fully saturated rings. The predicted octanol–water partition coefficient (Wildman–Crippen LogP) is 3.72. The van der Waals surface area contributed by atoms with Crippen molar-refractivity contribution in [1.82, 2.24) is 20.2 Å². The number of hydrogen-bond acceptors (Lipinski definition) is 7. The Bertz CT molecular complexity index is 915. The molecular weight excluding hydrogens is 358 g/mol. The molecule has 0 radical (unpaired) electrons. The number of anilines is 5. The molecule has 0 spiro atoms. The second-order valence-electron chi connectivity index (χ2n) is 5.28. The summed E-state index contributed by atoms with van der Waals surface area (Å²) in [6.45, 7) is 1.91. The molecule has 0 saturated carbocycles. The van der Waals surface area contributed by atoms with Crippen LogP contribution < -0.4 is 15.1 Å². The monoisotopic (exact) mass is 373 g/mol. The number of benzene rings is 1. The molecule has 0 aliphatic heterocycles. The van der Waals surface area contributed by atoms with Crippen LogP contribution >= 0.6 is 11.8 Å². The number of ether oxygens (including phenoxy) is 1. The SMILES string of the molecule is COC(=O)N(Cl)c1cccc(Nc2cncc(Nc3cc(C)[nH]n3)n2)c1. The number of carbonyl (C=O) groups excluding carboxylic acids is 1. The Balaban J connectivity index is 1.75. The van der Waals surface area contributed by atoms with Gasteiger partial charge in [-0.3, -0.25) is 10.1 Å². The summed E-state index contributed by atoms with van der Waals surface area (Å²) in [5.41, 5.74) is 2.07. The van der Waals surface area contributed by atoms with Gasteiger partial charge in [-0.2, -0.15) is 9.52 Å². The molecule has 3 N–H and O–H groups in total. The Kier molecular flexibility index (Phi) is 5.18. The minimum Gasteiger partial charge on any atom is -0.452 e. The fourth-order valence-corrected chi connectivity index (χ4v) is 2.31. The number of aromatic nitrogens is 4. The van der Waals surface area contributed by atoms with Crippen molar-refractivity contribution in [2.75, 3.05) is 22.2 Å². The molecular formula is C16H16ClN7O2. The fraction of sp³-hybridized carbons (Fsp3) is 0.125. The largest absolute Gasteiger partial charge is 0.452 e. The third-order valence-corrected chi connectivity index (χ3v) is 3.61. The highest BCUT2D eigenvalue weighted by atomic mass is 35.5. The van der Waals surface area contributed by atoms with E-state index in [0.29, 0.717) is 28.8 Å². The Morgan fingerprint density at radius 3 is 2.65 bits per heavy atom. The summed E-state index contributed by atoms with van der Waals surface area (Å²) in [5, 5.41) is 13.1. The van der Waals surface area contributed by atoms with Crippen LogP contribution in [0.2, 0.25) is 0 Å². The van der Waals surface area contributed by atoms with Gasteiger partial charge in [-0.15, -0.1) is 0 Å². The lowest BCUT2D eigenvalue weighted by molar-refractivity contribution is 0.183. The molecule has 134 valence electrons. The number of methoxy groups -OCH3 is 1. The van der Waals surface area contributed by atoms with Crippen LogP contribution in [-0.2, 0) is 4.74 Å². The van der Waals surface area contributed by atoms with Gasteiger partial charge >= 0.3 is 6.09 Å². The average molecular weight is 374 g/mol. The van der Waals surface area contributed by atoms with E-state index in [4.69, 9.17) is 11.8 Å². The summed E-state index contributed by atoms with van der Waals surface area (Å²) in [6.07, 6.45) is 2.49. The van der Waals surface area contributed by atoms with Gasteiger partial charge in [0.2, 0.25) is 0 Å². The second kappa shape index (κ2) is 7.70. The maximum Gasteiger partial charge on any atom is 0.429 e. The first-order valence-electron chi connectivity index (χ1n) is 7.57. The molecule has 9 nitrogen and oxygen atoms in total. The number of carbonyl (C=O) groups is 1. The quantitative estimate of drug-likeness (QED) is 0.585. The van der Waals surface area contributed by atoms with Crippen molar-refractivity contribution >= 4 is 46.7 Å². The maximum absolute atomic E-state index is 11.5. The van der Waals surface area contributed by atoms with E-state index in [9.17, 15) is 4.79 Å². The van der Waals surface area contributed by atoms with Gasteiger partial charge in [0.05, 0.1) is 25.2 Å². The molecule has 0 bridgehead atoms. The highest BCUT2D eigenvalue weighted by Gasteiger charge is 2.13. The number of halogens is 1. The molecule has 26 heavy (non-hydrogen) atoms. The smallest absolute Gasteiger partial charge is 0.429 e. The molecule has 2 aromatic heterocycles. The summed E-state index contributed by atoms with van der Waals surface area (Å²) < 4.78 is 5.48. The molecule has 3 rings (SSSR count). The lowest BCUT2D eigenvalue weighted by atomic mass is 10.3. The maximum atomic E-state index is 11.5. The normalized spacial score (nSPS) is 10.3. The number of amides is 1. The van der Waals surface area contributed by atoms with E-state index >= 15 is 0 Å². The van der Waals surface area contributed by atoms with Gasteiger partial charge in [0, 0.05) is 29.2 Å². The zero-order chi connectivity index (χ0) is 18.5. The zero-order valence-electron chi connectivity index (χ0n) is 14.0. The summed E-state index contributed by atoms with van der Waals surface area (Å²) in [4.78, 5) is 20.1.